The highest BCUT2D eigenvalue weighted by Gasteiger charge is 2.07. The van der Waals surface area contributed by atoms with Crippen LogP contribution in [0.25, 0.3) is 0 Å². The molecule has 3 nitrogen and oxygen atoms in total. The molecular weight excluding hydrogens is 306 g/mol. The molecule has 0 bridgehead atoms. The molecule has 0 unspecified atom stereocenters. The predicted octanol–water partition coefficient (Wildman–Crippen LogP) is 3.67. The molecule has 0 aliphatic carbocycles. The van der Waals surface area contributed by atoms with E-state index in [1.165, 1.54) is 5.56 Å². The van der Waals surface area contributed by atoms with Crippen LogP contribution in [0, 0.1) is 0 Å². The van der Waals surface area contributed by atoms with Gasteiger partial charge in [-0.05, 0) is 34.0 Å². The quantitative estimate of drug-likeness (QED) is 0.789. The van der Waals surface area contributed by atoms with E-state index in [-0.39, 0.29) is 12.4 Å². The van der Waals surface area contributed by atoms with E-state index in [2.05, 4.69) is 27.8 Å². The number of pyridine rings is 1. The lowest BCUT2D eigenvalue weighted by atomic mass is 10.1. The Bertz CT molecular complexity index is 567. The number of carbonyl (C=O) groups is 1. The maximum absolute atomic E-state index is 11.9. The van der Waals surface area contributed by atoms with Gasteiger partial charge >= 0.3 is 0 Å². The number of aromatic nitrogens is 1. The standard InChI is InChI=1S/C15H14BrNO2/c1-2-11-3-5-12(6-4-11)15(18)10-19-14-7-13(16)8-17-9-14/h3-9H,2,10H2,1H3. The van der Waals surface area contributed by atoms with Crippen LogP contribution in [0.1, 0.15) is 22.8 Å². The Labute approximate surface area is 120 Å². The molecule has 1 aromatic carbocycles. The summed E-state index contributed by atoms with van der Waals surface area (Å²) in [5.41, 5.74) is 1.88. The molecule has 98 valence electrons. The molecule has 0 spiro atoms. The van der Waals surface area contributed by atoms with Gasteiger partial charge in [-0.1, -0.05) is 31.2 Å². The fraction of sp³-hybridized carbons (Fsp3) is 0.200. The van der Waals surface area contributed by atoms with Gasteiger partial charge in [-0.3, -0.25) is 9.78 Å². The zero-order valence-electron chi connectivity index (χ0n) is 10.6. The van der Waals surface area contributed by atoms with Gasteiger partial charge in [0.1, 0.15) is 5.75 Å². The molecule has 2 rings (SSSR count). The number of rotatable bonds is 5. The first-order valence-electron chi connectivity index (χ1n) is 6.04. The Morgan fingerprint density at radius 2 is 2.00 bits per heavy atom. The molecule has 0 fully saturated rings. The molecule has 0 aliphatic heterocycles. The first-order chi connectivity index (χ1) is 9.19. The Morgan fingerprint density at radius 1 is 1.26 bits per heavy atom. The van der Waals surface area contributed by atoms with Gasteiger partial charge in [0.2, 0.25) is 0 Å². The van der Waals surface area contributed by atoms with Crippen molar-refractivity contribution in [1.82, 2.24) is 4.98 Å². The molecule has 0 amide bonds. The summed E-state index contributed by atoms with van der Waals surface area (Å²) < 4.78 is 6.24. The third-order valence-electron chi connectivity index (χ3n) is 2.73. The number of ketones is 1. The van der Waals surface area contributed by atoms with E-state index >= 15 is 0 Å². The molecule has 0 radical (unpaired) electrons. The Hall–Kier alpha value is -1.68. The van der Waals surface area contributed by atoms with Crippen LogP contribution in [0.5, 0.6) is 5.75 Å². The fourth-order valence-electron chi connectivity index (χ4n) is 1.63. The van der Waals surface area contributed by atoms with E-state index in [0.29, 0.717) is 11.3 Å². The minimum absolute atomic E-state index is 0.0175. The number of hydrogen-bond acceptors (Lipinski definition) is 3. The van der Waals surface area contributed by atoms with Crippen molar-refractivity contribution >= 4 is 21.7 Å². The van der Waals surface area contributed by atoms with E-state index in [9.17, 15) is 4.79 Å². The minimum Gasteiger partial charge on any atom is -0.484 e. The number of halogens is 1. The van der Waals surface area contributed by atoms with Crippen LogP contribution >= 0.6 is 15.9 Å². The molecule has 19 heavy (non-hydrogen) atoms. The second-order valence-corrected chi connectivity index (χ2v) is 5.02. The lowest BCUT2D eigenvalue weighted by Gasteiger charge is -2.06. The first-order valence-corrected chi connectivity index (χ1v) is 6.84. The second-order valence-electron chi connectivity index (χ2n) is 4.10. The van der Waals surface area contributed by atoms with Gasteiger partial charge < -0.3 is 4.74 Å². The van der Waals surface area contributed by atoms with Gasteiger partial charge in [0, 0.05) is 16.2 Å². The molecule has 1 aromatic heterocycles. The summed E-state index contributed by atoms with van der Waals surface area (Å²) in [6, 6.07) is 9.38. The van der Waals surface area contributed by atoms with Crippen molar-refractivity contribution in [3.05, 3.63) is 58.3 Å². The molecular formula is C15H14BrNO2. The molecule has 0 aliphatic rings. The monoisotopic (exact) mass is 319 g/mol. The number of benzene rings is 1. The largest absolute Gasteiger partial charge is 0.484 e. The Kier molecular flexibility index (Phi) is 4.68. The highest BCUT2D eigenvalue weighted by molar-refractivity contribution is 9.10. The van der Waals surface area contributed by atoms with Crippen LogP contribution in [-0.4, -0.2) is 17.4 Å². The van der Waals surface area contributed by atoms with Gasteiger partial charge in [-0.15, -0.1) is 0 Å². The maximum atomic E-state index is 11.9. The van der Waals surface area contributed by atoms with Crippen LogP contribution in [0.3, 0.4) is 0 Å². The zero-order valence-corrected chi connectivity index (χ0v) is 12.2. The predicted molar refractivity (Wildman–Crippen MR) is 77.6 cm³/mol. The van der Waals surface area contributed by atoms with E-state index in [4.69, 9.17) is 4.74 Å². The van der Waals surface area contributed by atoms with Gasteiger partial charge in [0.05, 0.1) is 6.20 Å². The Balaban J connectivity index is 1.97. The number of carbonyl (C=O) groups excluding carboxylic acids is 1. The first kappa shape index (κ1) is 13.7. The van der Waals surface area contributed by atoms with Gasteiger partial charge in [0.25, 0.3) is 0 Å². The van der Waals surface area contributed by atoms with Gasteiger partial charge in [-0.2, -0.15) is 0 Å². The van der Waals surface area contributed by atoms with Crippen LogP contribution < -0.4 is 4.74 Å². The second kappa shape index (κ2) is 6.48. The molecule has 0 N–H and O–H groups in total. The highest BCUT2D eigenvalue weighted by atomic mass is 79.9. The molecule has 0 saturated carbocycles. The molecule has 2 aromatic rings. The van der Waals surface area contributed by atoms with Crippen molar-refractivity contribution in [3.8, 4) is 5.75 Å². The maximum Gasteiger partial charge on any atom is 0.200 e. The van der Waals surface area contributed by atoms with E-state index in [0.717, 1.165) is 10.9 Å². The normalized spacial score (nSPS) is 10.2. The van der Waals surface area contributed by atoms with Gasteiger partial charge in [-0.25, -0.2) is 0 Å². The van der Waals surface area contributed by atoms with Crippen molar-refractivity contribution in [2.45, 2.75) is 13.3 Å². The summed E-state index contributed by atoms with van der Waals surface area (Å²) in [6.45, 7) is 2.10. The molecule has 1 heterocycles. The number of nitrogens with zero attached hydrogens (tertiary/aromatic N) is 1. The van der Waals surface area contributed by atoms with Crippen molar-refractivity contribution < 1.29 is 9.53 Å². The highest BCUT2D eigenvalue weighted by Crippen LogP contribution is 2.16. The van der Waals surface area contributed by atoms with Crippen molar-refractivity contribution in [1.29, 1.82) is 0 Å². The smallest absolute Gasteiger partial charge is 0.200 e. The average molecular weight is 320 g/mol. The van der Waals surface area contributed by atoms with Crippen molar-refractivity contribution in [2.75, 3.05) is 6.61 Å². The van der Waals surface area contributed by atoms with E-state index in [1.807, 2.05) is 24.3 Å². The number of ether oxygens (including phenoxy) is 1. The van der Waals surface area contributed by atoms with Crippen LogP contribution in [0.4, 0.5) is 0 Å². The molecule has 0 saturated heterocycles. The summed E-state index contributed by atoms with van der Waals surface area (Å²) in [5.74, 6) is 0.538. The van der Waals surface area contributed by atoms with Crippen molar-refractivity contribution in [2.24, 2.45) is 0 Å². The summed E-state index contributed by atoms with van der Waals surface area (Å²) in [6.07, 6.45) is 4.21. The lowest BCUT2D eigenvalue weighted by Crippen LogP contribution is -2.11. The molecule has 0 atom stereocenters. The lowest BCUT2D eigenvalue weighted by molar-refractivity contribution is 0.0921. The summed E-state index contributed by atoms with van der Waals surface area (Å²) in [4.78, 5) is 15.9. The topological polar surface area (TPSA) is 39.2 Å². The van der Waals surface area contributed by atoms with Crippen LogP contribution in [0.15, 0.2) is 47.2 Å². The SMILES string of the molecule is CCc1ccc(C(=O)COc2cncc(Br)c2)cc1. The van der Waals surface area contributed by atoms with E-state index in [1.54, 1.807) is 18.5 Å². The third kappa shape index (κ3) is 3.89. The van der Waals surface area contributed by atoms with E-state index < -0.39 is 0 Å². The average Bonchev–Trinajstić information content (AvgIpc) is 2.45. The number of hydrogen-bond donors (Lipinski definition) is 0. The van der Waals surface area contributed by atoms with Crippen LogP contribution in [0.2, 0.25) is 0 Å². The number of aryl methyl sites for hydroxylation is 1. The van der Waals surface area contributed by atoms with Crippen LogP contribution in [-0.2, 0) is 6.42 Å². The molecule has 4 heteroatoms. The number of Topliss-reactive ketones (excluding diaryl/α,β-unsaturated/α-hetero) is 1. The van der Waals surface area contributed by atoms with Gasteiger partial charge in [0.15, 0.2) is 12.4 Å². The Morgan fingerprint density at radius 3 is 2.63 bits per heavy atom. The minimum atomic E-state index is -0.0392. The zero-order chi connectivity index (χ0) is 13.7. The summed E-state index contributed by atoms with van der Waals surface area (Å²) in [7, 11) is 0. The fourth-order valence-corrected chi connectivity index (χ4v) is 1.97. The summed E-state index contributed by atoms with van der Waals surface area (Å²) >= 11 is 3.30. The summed E-state index contributed by atoms with van der Waals surface area (Å²) in [5, 5.41) is 0. The van der Waals surface area contributed by atoms with Crippen molar-refractivity contribution in [3.63, 3.8) is 0 Å². The third-order valence-corrected chi connectivity index (χ3v) is 3.17.